The fourth-order valence-corrected chi connectivity index (χ4v) is 2.20. The second kappa shape index (κ2) is 2.82. The van der Waals surface area contributed by atoms with Crippen LogP contribution in [0.5, 0.6) is 0 Å². The highest BCUT2D eigenvalue weighted by Crippen LogP contribution is 2.57. The maximum atomic E-state index is 9.94. The van der Waals surface area contributed by atoms with E-state index in [0.717, 1.165) is 25.0 Å². The molecule has 1 saturated carbocycles. The molecule has 1 heterocycles. The topological polar surface area (TPSA) is 33.1 Å². The first-order chi connectivity index (χ1) is 5.78. The van der Waals surface area contributed by atoms with Gasteiger partial charge in [-0.1, -0.05) is 6.92 Å². The van der Waals surface area contributed by atoms with Gasteiger partial charge in [0.05, 0.1) is 5.69 Å². The Kier molecular flexibility index (Phi) is 1.93. The smallest absolute Gasteiger partial charge is 0.103 e. The molecule has 1 aliphatic carbocycles. The maximum Gasteiger partial charge on any atom is 0.103 e. The Labute approximate surface area is 76.4 Å². The third-order valence-corrected chi connectivity index (χ3v) is 3.49. The van der Waals surface area contributed by atoms with Crippen molar-refractivity contribution < 1.29 is 5.11 Å². The average molecular weight is 183 g/mol. The van der Waals surface area contributed by atoms with Gasteiger partial charge in [0, 0.05) is 10.8 Å². The molecule has 0 radical (unpaired) electrons. The number of hydrogen-bond donors (Lipinski definition) is 1. The van der Waals surface area contributed by atoms with E-state index in [-0.39, 0.29) is 11.5 Å². The minimum Gasteiger partial charge on any atom is -0.386 e. The molecule has 1 N–H and O–H groups in total. The molecule has 66 valence electrons. The van der Waals surface area contributed by atoms with Crippen LogP contribution in [0.25, 0.3) is 0 Å². The van der Waals surface area contributed by atoms with Crippen molar-refractivity contribution in [1.29, 1.82) is 0 Å². The Bertz CT molecular complexity index is 254. The molecule has 0 bridgehead atoms. The highest BCUT2D eigenvalue weighted by Gasteiger charge is 2.48. The number of rotatable bonds is 3. The van der Waals surface area contributed by atoms with E-state index < -0.39 is 0 Å². The third-order valence-electron chi connectivity index (χ3n) is 2.91. The van der Waals surface area contributed by atoms with Gasteiger partial charge >= 0.3 is 0 Å². The number of aliphatic hydroxyl groups is 1. The molecule has 3 heteroatoms. The average Bonchev–Trinajstić information content (AvgIpc) is 2.71. The Morgan fingerprint density at radius 2 is 2.50 bits per heavy atom. The second-order valence-electron chi connectivity index (χ2n) is 3.54. The van der Waals surface area contributed by atoms with Gasteiger partial charge in [-0.05, 0) is 36.9 Å². The van der Waals surface area contributed by atoms with E-state index in [1.807, 2.05) is 11.4 Å². The van der Waals surface area contributed by atoms with E-state index in [1.54, 1.807) is 0 Å². The Morgan fingerprint density at radius 3 is 2.92 bits per heavy atom. The van der Waals surface area contributed by atoms with Gasteiger partial charge in [-0.25, -0.2) is 0 Å². The van der Waals surface area contributed by atoms with E-state index in [0.29, 0.717) is 0 Å². The lowest BCUT2D eigenvalue weighted by Gasteiger charge is -2.18. The summed E-state index contributed by atoms with van der Waals surface area (Å²) in [7, 11) is 0. The zero-order valence-electron chi connectivity index (χ0n) is 7.16. The molecule has 1 aliphatic rings. The molecule has 0 amide bonds. The second-order valence-corrected chi connectivity index (χ2v) is 4.21. The summed E-state index contributed by atoms with van der Waals surface area (Å²) in [6.45, 7) is 2.14. The molecule has 0 aromatic carbocycles. The molecule has 0 aliphatic heterocycles. The summed E-state index contributed by atoms with van der Waals surface area (Å²) >= 11 is 1.41. The van der Waals surface area contributed by atoms with Gasteiger partial charge in [0.25, 0.3) is 0 Å². The molecule has 1 aromatic heterocycles. The summed E-state index contributed by atoms with van der Waals surface area (Å²) in [5.41, 5.74) is 1.04. The van der Waals surface area contributed by atoms with Crippen LogP contribution in [0.1, 0.15) is 38.0 Å². The first-order valence-corrected chi connectivity index (χ1v) is 5.20. The van der Waals surface area contributed by atoms with E-state index in [9.17, 15) is 5.11 Å². The van der Waals surface area contributed by atoms with Gasteiger partial charge in [0.2, 0.25) is 0 Å². The van der Waals surface area contributed by atoms with Crippen molar-refractivity contribution in [1.82, 2.24) is 4.37 Å². The van der Waals surface area contributed by atoms with Gasteiger partial charge in [0.1, 0.15) is 6.10 Å². The van der Waals surface area contributed by atoms with Crippen LogP contribution in [0.15, 0.2) is 11.4 Å². The lowest BCUT2D eigenvalue weighted by molar-refractivity contribution is 0.0871. The van der Waals surface area contributed by atoms with Crippen LogP contribution in [0.4, 0.5) is 0 Å². The van der Waals surface area contributed by atoms with E-state index >= 15 is 0 Å². The molecular formula is C9H13NOS. The van der Waals surface area contributed by atoms with Crippen molar-refractivity contribution in [3.63, 3.8) is 0 Å². The first-order valence-electron chi connectivity index (χ1n) is 4.37. The van der Waals surface area contributed by atoms with E-state index in [1.165, 1.54) is 11.5 Å². The summed E-state index contributed by atoms with van der Waals surface area (Å²) in [5, 5.41) is 11.9. The molecule has 12 heavy (non-hydrogen) atoms. The quantitative estimate of drug-likeness (QED) is 0.780. The molecule has 1 unspecified atom stereocenters. The van der Waals surface area contributed by atoms with Crippen molar-refractivity contribution in [3.05, 3.63) is 17.1 Å². The first kappa shape index (κ1) is 8.20. The predicted octanol–water partition coefficient (Wildman–Crippen LogP) is 2.37. The normalized spacial score (nSPS) is 22.2. The summed E-state index contributed by atoms with van der Waals surface area (Å²) < 4.78 is 4.16. The van der Waals surface area contributed by atoms with Crippen LogP contribution in [-0.4, -0.2) is 9.48 Å². The Morgan fingerprint density at radius 1 is 1.75 bits per heavy atom. The predicted molar refractivity (Wildman–Crippen MR) is 49.0 cm³/mol. The molecule has 1 fully saturated rings. The SMILES string of the molecule is CCC1(C(O)c2ccsn2)CC1. The van der Waals surface area contributed by atoms with Crippen molar-refractivity contribution in [2.75, 3.05) is 0 Å². The summed E-state index contributed by atoms with van der Waals surface area (Å²) in [4.78, 5) is 0. The van der Waals surface area contributed by atoms with Gasteiger partial charge in [-0.3, -0.25) is 0 Å². The molecule has 0 spiro atoms. The van der Waals surface area contributed by atoms with Gasteiger partial charge in [-0.15, -0.1) is 0 Å². The Hall–Kier alpha value is -0.410. The highest BCUT2D eigenvalue weighted by molar-refractivity contribution is 7.03. The summed E-state index contributed by atoms with van der Waals surface area (Å²) in [5.74, 6) is 0. The lowest BCUT2D eigenvalue weighted by atomic mass is 9.94. The van der Waals surface area contributed by atoms with Crippen molar-refractivity contribution in [2.24, 2.45) is 5.41 Å². The zero-order chi connectivity index (χ0) is 8.60. The van der Waals surface area contributed by atoms with Crippen molar-refractivity contribution >= 4 is 11.5 Å². The number of nitrogens with zero attached hydrogens (tertiary/aromatic N) is 1. The van der Waals surface area contributed by atoms with Crippen LogP contribution in [-0.2, 0) is 0 Å². The number of aliphatic hydroxyl groups excluding tert-OH is 1. The zero-order valence-corrected chi connectivity index (χ0v) is 7.97. The van der Waals surface area contributed by atoms with Gasteiger partial charge < -0.3 is 5.11 Å². The van der Waals surface area contributed by atoms with Crippen LogP contribution in [0.2, 0.25) is 0 Å². The highest BCUT2D eigenvalue weighted by atomic mass is 32.1. The molecule has 2 rings (SSSR count). The van der Waals surface area contributed by atoms with E-state index in [4.69, 9.17) is 0 Å². The van der Waals surface area contributed by atoms with Crippen LogP contribution < -0.4 is 0 Å². The largest absolute Gasteiger partial charge is 0.386 e. The maximum absolute atomic E-state index is 9.94. The van der Waals surface area contributed by atoms with Crippen LogP contribution in [0.3, 0.4) is 0 Å². The Balaban J connectivity index is 2.15. The molecule has 1 aromatic rings. The fourth-order valence-electron chi connectivity index (χ4n) is 1.66. The molecule has 1 atom stereocenters. The van der Waals surface area contributed by atoms with Crippen molar-refractivity contribution in [3.8, 4) is 0 Å². The summed E-state index contributed by atoms with van der Waals surface area (Å²) in [6, 6.07) is 1.92. The monoisotopic (exact) mass is 183 g/mol. The standard InChI is InChI=1S/C9H13NOS/c1-2-9(4-5-9)8(11)7-3-6-12-10-7/h3,6,8,11H,2,4-5H2,1H3. The van der Waals surface area contributed by atoms with Crippen LogP contribution >= 0.6 is 11.5 Å². The third kappa shape index (κ3) is 1.17. The minimum absolute atomic E-state index is 0.175. The van der Waals surface area contributed by atoms with Crippen molar-refractivity contribution in [2.45, 2.75) is 32.3 Å². The lowest BCUT2D eigenvalue weighted by Crippen LogP contribution is -2.12. The minimum atomic E-state index is -0.325. The molecular weight excluding hydrogens is 170 g/mol. The fraction of sp³-hybridized carbons (Fsp3) is 0.667. The van der Waals surface area contributed by atoms with Crippen LogP contribution in [0, 0.1) is 5.41 Å². The van der Waals surface area contributed by atoms with Gasteiger partial charge in [-0.2, -0.15) is 4.37 Å². The molecule has 2 nitrogen and oxygen atoms in total. The molecule has 0 saturated heterocycles. The summed E-state index contributed by atoms with van der Waals surface area (Å²) in [6.07, 6.45) is 3.05. The number of hydrogen-bond acceptors (Lipinski definition) is 3. The van der Waals surface area contributed by atoms with E-state index in [2.05, 4.69) is 11.3 Å². The number of aromatic nitrogens is 1. The van der Waals surface area contributed by atoms with Gasteiger partial charge in [0.15, 0.2) is 0 Å².